The lowest BCUT2D eigenvalue weighted by Gasteiger charge is -2.29. The lowest BCUT2D eigenvalue weighted by Crippen LogP contribution is -2.25. The van der Waals surface area contributed by atoms with Crippen LogP contribution in [0.15, 0.2) is 24.3 Å². The van der Waals surface area contributed by atoms with E-state index in [1.54, 1.807) is 0 Å². The summed E-state index contributed by atoms with van der Waals surface area (Å²) in [4.78, 5) is 0. The van der Waals surface area contributed by atoms with Gasteiger partial charge >= 0.3 is 0 Å². The molecule has 138 valence electrons. The third kappa shape index (κ3) is 8.33. The fraction of sp³-hybridized carbons (Fsp3) is 0.739. The number of rotatable bonds is 14. The lowest BCUT2D eigenvalue weighted by molar-refractivity contribution is 0.0137. The van der Waals surface area contributed by atoms with Gasteiger partial charge in [0.1, 0.15) is 0 Å². The summed E-state index contributed by atoms with van der Waals surface area (Å²) >= 11 is 0. The van der Waals surface area contributed by atoms with Gasteiger partial charge in [-0.05, 0) is 25.3 Å². The highest BCUT2D eigenvalue weighted by atomic mass is 16.3. The Balaban J connectivity index is 2.34. The van der Waals surface area contributed by atoms with Crippen LogP contribution in [-0.2, 0) is 5.60 Å². The number of aliphatic hydroxyl groups is 1. The third-order valence-corrected chi connectivity index (χ3v) is 5.23. The van der Waals surface area contributed by atoms with E-state index in [1.807, 2.05) is 0 Å². The van der Waals surface area contributed by atoms with Gasteiger partial charge in [-0.3, -0.25) is 0 Å². The van der Waals surface area contributed by atoms with Gasteiger partial charge in [0.25, 0.3) is 0 Å². The Hall–Kier alpha value is -0.820. The molecule has 0 radical (unpaired) electrons. The summed E-state index contributed by atoms with van der Waals surface area (Å²) in [6, 6.07) is 8.50. The lowest BCUT2D eigenvalue weighted by atomic mass is 9.83. The standard InChI is InChI=1S/C23H40O/c1-4-6-8-9-10-11-12-13-14-20-23(24,19-7-5-2)22-17-15-21(3)16-18-22/h15-18,24H,4-14,19-20H2,1-3H3. The maximum atomic E-state index is 11.2. The Labute approximate surface area is 150 Å². The van der Waals surface area contributed by atoms with Crippen LogP contribution in [-0.4, -0.2) is 5.11 Å². The molecule has 0 bridgehead atoms. The number of unbranched alkanes of at least 4 members (excludes halogenated alkanes) is 9. The molecule has 1 aromatic carbocycles. The summed E-state index contributed by atoms with van der Waals surface area (Å²) in [7, 11) is 0. The second kappa shape index (κ2) is 12.5. The van der Waals surface area contributed by atoms with E-state index in [0.717, 1.165) is 37.7 Å². The largest absolute Gasteiger partial charge is 0.385 e. The molecule has 0 fully saturated rings. The number of hydrogen-bond donors (Lipinski definition) is 1. The van der Waals surface area contributed by atoms with Crippen molar-refractivity contribution in [2.45, 2.75) is 110 Å². The second-order valence-corrected chi connectivity index (χ2v) is 7.58. The van der Waals surface area contributed by atoms with Gasteiger partial charge in [-0.2, -0.15) is 0 Å². The van der Waals surface area contributed by atoms with E-state index >= 15 is 0 Å². The topological polar surface area (TPSA) is 20.2 Å². The molecule has 1 rings (SSSR count). The van der Waals surface area contributed by atoms with E-state index in [2.05, 4.69) is 45.0 Å². The molecule has 1 atom stereocenters. The monoisotopic (exact) mass is 332 g/mol. The summed E-state index contributed by atoms with van der Waals surface area (Å²) in [6.45, 7) is 6.58. The molecule has 1 nitrogen and oxygen atoms in total. The van der Waals surface area contributed by atoms with Crippen molar-refractivity contribution in [3.8, 4) is 0 Å². The van der Waals surface area contributed by atoms with E-state index in [4.69, 9.17) is 0 Å². The Morgan fingerprint density at radius 1 is 0.667 bits per heavy atom. The smallest absolute Gasteiger partial charge is 0.0896 e. The number of benzene rings is 1. The average Bonchev–Trinajstić information content (AvgIpc) is 2.59. The fourth-order valence-electron chi connectivity index (χ4n) is 3.47. The molecule has 1 N–H and O–H groups in total. The van der Waals surface area contributed by atoms with Crippen molar-refractivity contribution in [2.75, 3.05) is 0 Å². The molecule has 0 aliphatic rings. The highest BCUT2D eigenvalue weighted by Gasteiger charge is 2.27. The van der Waals surface area contributed by atoms with Crippen LogP contribution in [0.3, 0.4) is 0 Å². The predicted molar refractivity (Wildman–Crippen MR) is 106 cm³/mol. The van der Waals surface area contributed by atoms with Crippen LogP contribution in [0.25, 0.3) is 0 Å². The average molecular weight is 333 g/mol. The van der Waals surface area contributed by atoms with E-state index in [-0.39, 0.29) is 0 Å². The minimum atomic E-state index is -0.620. The minimum Gasteiger partial charge on any atom is -0.385 e. The Morgan fingerprint density at radius 2 is 1.12 bits per heavy atom. The van der Waals surface area contributed by atoms with Crippen LogP contribution in [0.4, 0.5) is 0 Å². The van der Waals surface area contributed by atoms with E-state index < -0.39 is 5.60 Å². The normalized spacial score (nSPS) is 13.8. The highest BCUT2D eigenvalue weighted by Crippen LogP contribution is 2.33. The van der Waals surface area contributed by atoms with Gasteiger partial charge in [-0.1, -0.05) is 114 Å². The Kier molecular flexibility index (Phi) is 11.1. The molecule has 1 heteroatoms. The van der Waals surface area contributed by atoms with E-state index in [0.29, 0.717) is 0 Å². The molecule has 0 aliphatic heterocycles. The molecular weight excluding hydrogens is 292 g/mol. The summed E-state index contributed by atoms with van der Waals surface area (Å²) < 4.78 is 0. The maximum absolute atomic E-state index is 11.2. The van der Waals surface area contributed by atoms with Gasteiger partial charge in [0.05, 0.1) is 5.60 Å². The third-order valence-electron chi connectivity index (χ3n) is 5.23. The van der Waals surface area contributed by atoms with Gasteiger partial charge in [0.2, 0.25) is 0 Å². The zero-order chi connectivity index (χ0) is 17.7. The predicted octanol–water partition coefficient (Wildman–Crippen LogP) is 7.29. The molecule has 0 spiro atoms. The van der Waals surface area contributed by atoms with Crippen LogP contribution < -0.4 is 0 Å². The van der Waals surface area contributed by atoms with Crippen molar-refractivity contribution in [1.82, 2.24) is 0 Å². The maximum Gasteiger partial charge on any atom is 0.0896 e. The van der Waals surface area contributed by atoms with Gasteiger partial charge in [0.15, 0.2) is 0 Å². The molecule has 0 aliphatic carbocycles. The van der Waals surface area contributed by atoms with E-state index in [1.165, 1.54) is 56.9 Å². The molecule has 1 unspecified atom stereocenters. The summed E-state index contributed by atoms with van der Waals surface area (Å²) in [5.41, 5.74) is 1.76. The zero-order valence-electron chi connectivity index (χ0n) is 16.4. The number of aryl methyl sites for hydroxylation is 1. The minimum absolute atomic E-state index is 0.620. The molecule has 0 amide bonds. The quantitative estimate of drug-likeness (QED) is 0.354. The van der Waals surface area contributed by atoms with Crippen molar-refractivity contribution < 1.29 is 5.11 Å². The molecule has 0 saturated carbocycles. The zero-order valence-corrected chi connectivity index (χ0v) is 16.4. The summed E-state index contributed by atoms with van der Waals surface area (Å²) in [5, 5.41) is 11.2. The second-order valence-electron chi connectivity index (χ2n) is 7.58. The van der Waals surface area contributed by atoms with Crippen LogP contribution >= 0.6 is 0 Å². The fourth-order valence-corrected chi connectivity index (χ4v) is 3.47. The summed E-state index contributed by atoms with van der Waals surface area (Å²) in [5.74, 6) is 0. The first-order chi connectivity index (χ1) is 11.6. The SMILES string of the molecule is CCCCCCCCCCCC(O)(CCCC)c1ccc(C)cc1. The summed E-state index contributed by atoms with van der Waals surface area (Å²) in [6.07, 6.45) is 16.0. The molecule has 24 heavy (non-hydrogen) atoms. The van der Waals surface area contributed by atoms with Gasteiger partial charge in [0, 0.05) is 0 Å². The van der Waals surface area contributed by atoms with Crippen LogP contribution in [0.1, 0.15) is 108 Å². The molecule has 0 heterocycles. The Morgan fingerprint density at radius 3 is 1.67 bits per heavy atom. The van der Waals surface area contributed by atoms with Crippen LogP contribution in [0.2, 0.25) is 0 Å². The first kappa shape index (κ1) is 21.2. The van der Waals surface area contributed by atoms with Crippen molar-refractivity contribution in [1.29, 1.82) is 0 Å². The van der Waals surface area contributed by atoms with Crippen molar-refractivity contribution in [3.05, 3.63) is 35.4 Å². The number of hydrogen-bond acceptors (Lipinski definition) is 1. The molecule has 0 saturated heterocycles. The first-order valence-corrected chi connectivity index (χ1v) is 10.4. The van der Waals surface area contributed by atoms with Gasteiger partial charge < -0.3 is 5.11 Å². The van der Waals surface area contributed by atoms with Gasteiger partial charge in [-0.15, -0.1) is 0 Å². The van der Waals surface area contributed by atoms with Crippen LogP contribution in [0, 0.1) is 6.92 Å². The van der Waals surface area contributed by atoms with E-state index in [9.17, 15) is 5.11 Å². The van der Waals surface area contributed by atoms with Crippen molar-refractivity contribution >= 4 is 0 Å². The molecule has 1 aromatic rings. The van der Waals surface area contributed by atoms with Crippen molar-refractivity contribution in [2.24, 2.45) is 0 Å². The highest BCUT2D eigenvalue weighted by molar-refractivity contribution is 5.26. The molecular formula is C23H40O. The first-order valence-electron chi connectivity index (χ1n) is 10.4. The molecule has 0 aromatic heterocycles. The Bertz CT molecular complexity index is 409. The van der Waals surface area contributed by atoms with Crippen LogP contribution in [0.5, 0.6) is 0 Å². The van der Waals surface area contributed by atoms with Crippen molar-refractivity contribution in [3.63, 3.8) is 0 Å². The van der Waals surface area contributed by atoms with Gasteiger partial charge in [-0.25, -0.2) is 0 Å².